The van der Waals surface area contributed by atoms with Gasteiger partial charge in [0.25, 0.3) is 5.91 Å². The number of hydrogen-bond donors (Lipinski definition) is 3. The van der Waals surface area contributed by atoms with Crippen molar-refractivity contribution in [1.29, 1.82) is 0 Å². The Kier molecular flexibility index (Phi) is 3.72. The van der Waals surface area contributed by atoms with Crippen LogP contribution in [0.25, 0.3) is 10.9 Å². The molecule has 5 rings (SSSR count). The second-order valence-corrected chi connectivity index (χ2v) is 7.68. The van der Waals surface area contributed by atoms with Crippen molar-refractivity contribution >= 4 is 16.8 Å². The Morgan fingerprint density at radius 2 is 1.96 bits per heavy atom. The zero-order valence-electron chi connectivity index (χ0n) is 15.4. The second-order valence-electron chi connectivity index (χ2n) is 7.68. The fourth-order valence-electron chi connectivity index (χ4n) is 4.50. The molecular formula is C22H23N3O2. The molecule has 3 heterocycles. The number of amides is 1. The van der Waals surface area contributed by atoms with Crippen LogP contribution < -0.4 is 5.32 Å². The van der Waals surface area contributed by atoms with Crippen LogP contribution in [0.2, 0.25) is 0 Å². The van der Waals surface area contributed by atoms with Gasteiger partial charge in [-0.25, -0.2) is 0 Å². The minimum absolute atomic E-state index is 0.0736. The SMILES string of the molecule is Cc1cc2c(cc1O)C(c1c(CN3CCCC3)[nH]c3ccccc13)NC2=O. The van der Waals surface area contributed by atoms with E-state index in [9.17, 15) is 9.90 Å². The molecular weight excluding hydrogens is 338 g/mol. The van der Waals surface area contributed by atoms with Crippen molar-refractivity contribution in [2.24, 2.45) is 0 Å². The van der Waals surface area contributed by atoms with E-state index in [0.29, 0.717) is 5.56 Å². The number of aromatic nitrogens is 1. The topological polar surface area (TPSA) is 68.4 Å². The number of carbonyl (C=O) groups excluding carboxylic acids is 1. The molecule has 1 fully saturated rings. The van der Waals surface area contributed by atoms with Crippen LogP contribution in [0.15, 0.2) is 36.4 Å². The fraction of sp³-hybridized carbons (Fsp3) is 0.318. The summed E-state index contributed by atoms with van der Waals surface area (Å²) in [4.78, 5) is 18.7. The van der Waals surface area contributed by atoms with Crippen LogP contribution in [0.5, 0.6) is 5.75 Å². The number of benzene rings is 2. The molecule has 1 aromatic heterocycles. The third kappa shape index (κ3) is 2.61. The summed E-state index contributed by atoms with van der Waals surface area (Å²) in [6.07, 6.45) is 2.48. The van der Waals surface area contributed by atoms with Crippen LogP contribution in [0.3, 0.4) is 0 Å². The molecule has 1 saturated heterocycles. The number of rotatable bonds is 3. The van der Waals surface area contributed by atoms with Crippen LogP contribution in [-0.2, 0) is 6.54 Å². The van der Waals surface area contributed by atoms with E-state index >= 15 is 0 Å². The quantitative estimate of drug-likeness (QED) is 0.667. The third-order valence-electron chi connectivity index (χ3n) is 5.90. The summed E-state index contributed by atoms with van der Waals surface area (Å²) in [5.74, 6) is 0.159. The third-order valence-corrected chi connectivity index (χ3v) is 5.90. The van der Waals surface area contributed by atoms with Gasteiger partial charge in [-0.15, -0.1) is 0 Å². The monoisotopic (exact) mass is 361 g/mol. The van der Waals surface area contributed by atoms with Gasteiger partial charge in [-0.2, -0.15) is 0 Å². The van der Waals surface area contributed by atoms with Gasteiger partial charge >= 0.3 is 0 Å². The molecule has 0 radical (unpaired) electrons. The number of nitrogens with zero attached hydrogens (tertiary/aromatic N) is 1. The minimum Gasteiger partial charge on any atom is -0.508 e. The van der Waals surface area contributed by atoms with E-state index < -0.39 is 0 Å². The number of H-pyrrole nitrogens is 1. The average Bonchev–Trinajstić information content (AvgIpc) is 3.35. The summed E-state index contributed by atoms with van der Waals surface area (Å²) >= 11 is 0. The highest BCUT2D eigenvalue weighted by Gasteiger charge is 2.34. The van der Waals surface area contributed by atoms with Crippen LogP contribution in [0, 0.1) is 6.92 Å². The van der Waals surface area contributed by atoms with Gasteiger partial charge in [0.2, 0.25) is 0 Å². The van der Waals surface area contributed by atoms with Crippen molar-refractivity contribution in [2.45, 2.75) is 32.4 Å². The number of aryl methyl sites for hydroxylation is 1. The van der Waals surface area contributed by atoms with E-state index in [0.717, 1.165) is 52.9 Å². The van der Waals surface area contributed by atoms with E-state index in [1.54, 1.807) is 12.1 Å². The first-order valence-corrected chi connectivity index (χ1v) is 9.58. The maximum absolute atomic E-state index is 12.6. The highest BCUT2D eigenvalue weighted by Crippen LogP contribution is 2.39. The lowest BCUT2D eigenvalue weighted by atomic mass is 9.94. The molecule has 2 aliphatic heterocycles. The summed E-state index contributed by atoms with van der Waals surface area (Å²) in [5, 5.41) is 14.5. The molecule has 0 bridgehead atoms. The van der Waals surface area contributed by atoms with E-state index in [1.807, 2.05) is 19.1 Å². The van der Waals surface area contributed by atoms with E-state index in [4.69, 9.17) is 0 Å². The molecule has 27 heavy (non-hydrogen) atoms. The number of aromatic hydroxyl groups is 1. The first kappa shape index (κ1) is 16.4. The van der Waals surface area contributed by atoms with Crippen molar-refractivity contribution in [3.8, 4) is 5.75 Å². The van der Waals surface area contributed by atoms with Crippen LogP contribution >= 0.6 is 0 Å². The van der Waals surface area contributed by atoms with Gasteiger partial charge in [0.1, 0.15) is 5.75 Å². The van der Waals surface area contributed by atoms with Gasteiger partial charge in [-0.3, -0.25) is 9.69 Å². The summed E-state index contributed by atoms with van der Waals surface area (Å²) in [5.41, 5.74) is 5.59. The standard InChI is InChI=1S/C22H23N3O2/c1-13-10-16-15(11-19(13)26)21(24-22(16)27)20-14-6-2-3-7-17(14)23-18(20)12-25-8-4-5-9-25/h2-3,6-7,10-11,21,23,26H,4-5,8-9,12H2,1H3,(H,24,27). The Bertz CT molecular complexity index is 1050. The predicted octanol–water partition coefficient (Wildman–Crippen LogP) is 3.61. The molecule has 3 N–H and O–H groups in total. The number of para-hydroxylation sites is 1. The van der Waals surface area contributed by atoms with Crippen molar-refractivity contribution in [3.05, 3.63) is 64.3 Å². The van der Waals surface area contributed by atoms with Crippen LogP contribution in [0.1, 0.15) is 51.6 Å². The summed E-state index contributed by atoms with van der Waals surface area (Å²) in [6.45, 7) is 4.90. The lowest BCUT2D eigenvalue weighted by Crippen LogP contribution is -2.23. The first-order chi connectivity index (χ1) is 13.1. The molecule has 2 aliphatic rings. The molecule has 0 aliphatic carbocycles. The summed E-state index contributed by atoms with van der Waals surface area (Å²) in [7, 11) is 0. The number of phenols is 1. The molecule has 138 valence electrons. The molecule has 1 amide bonds. The number of fused-ring (bicyclic) bond motifs is 2. The highest BCUT2D eigenvalue weighted by atomic mass is 16.3. The molecule has 5 nitrogen and oxygen atoms in total. The van der Waals surface area contributed by atoms with Gasteiger partial charge < -0.3 is 15.4 Å². The fourth-order valence-corrected chi connectivity index (χ4v) is 4.50. The zero-order valence-corrected chi connectivity index (χ0v) is 15.4. The molecule has 5 heteroatoms. The van der Waals surface area contributed by atoms with Crippen molar-refractivity contribution < 1.29 is 9.90 Å². The normalized spacial score (nSPS) is 19.6. The van der Waals surface area contributed by atoms with Gasteiger partial charge in [0.15, 0.2) is 0 Å². The Labute approximate surface area is 158 Å². The molecule has 0 saturated carbocycles. The number of aromatic amines is 1. The van der Waals surface area contributed by atoms with Crippen LogP contribution in [0.4, 0.5) is 0 Å². The van der Waals surface area contributed by atoms with Gasteiger partial charge in [-0.1, -0.05) is 18.2 Å². The predicted molar refractivity (Wildman–Crippen MR) is 105 cm³/mol. The number of hydrogen-bond acceptors (Lipinski definition) is 3. The number of phenolic OH excluding ortho intramolecular Hbond substituents is 1. The number of carbonyl (C=O) groups is 1. The van der Waals surface area contributed by atoms with Gasteiger partial charge in [-0.05, 0) is 62.2 Å². The van der Waals surface area contributed by atoms with Gasteiger partial charge in [0, 0.05) is 34.3 Å². The molecule has 2 aromatic carbocycles. The first-order valence-electron chi connectivity index (χ1n) is 9.58. The van der Waals surface area contributed by atoms with Crippen LogP contribution in [-0.4, -0.2) is 34.0 Å². The van der Waals surface area contributed by atoms with Crippen molar-refractivity contribution in [2.75, 3.05) is 13.1 Å². The Morgan fingerprint density at radius 1 is 1.19 bits per heavy atom. The number of nitrogens with one attached hydrogen (secondary N) is 2. The molecule has 1 atom stereocenters. The highest BCUT2D eigenvalue weighted by molar-refractivity contribution is 6.01. The maximum Gasteiger partial charge on any atom is 0.252 e. The zero-order chi connectivity index (χ0) is 18.5. The Hall–Kier alpha value is -2.79. The van der Waals surface area contributed by atoms with Crippen molar-refractivity contribution in [3.63, 3.8) is 0 Å². The molecule has 0 spiro atoms. The van der Waals surface area contributed by atoms with E-state index in [-0.39, 0.29) is 17.7 Å². The maximum atomic E-state index is 12.6. The van der Waals surface area contributed by atoms with E-state index in [1.165, 1.54) is 12.8 Å². The molecule has 1 unspecified atom stereocenters. The average molecular weight is 361 g/mol. The minimum atomic E-state index is -0.243. The van der Waals surface area contributed by atoms with Crippen molar-refractivity contribution in [1.82, 2.24) is 15.2 Å². The lowest BCUT2D eigenvalue weighted by molar-refractivity contribution is 0.0960. The second kappa shape index (κ2) is 6.13. The molecule has 3 aromatic rings. The summed E-state index contributed by atoms with van der Waals surface area (Å²) in [6, 6.07) is 11.5. The van der Waals surface area contributed by atoms with Gasteiger partial charge in [0.05, 0.1) is 6.04 Å². The Balaban J connectivity index is 1.67. The van der Waals surface area contributed by atoms with E-state index in [2.05, 4.69) is 27.3 Å². The summed E-state index contributed by atoms with van der Waals surface area (Å²) < 4.78 is 0. The number of likely N-dealkylation sites (tertiary alicyclic amines) is 1. The largest absolute Gasteiger partial charge is 0.508 e. The lowest BCUT2D eigenvalue weighted by Gasteiger charge is -2.19. The Morgan fingerprint density at radius 3 is 2.78 bits per heavy atom. The smallest absolute Gasteiger partial charge is 0.252 e.